The minimum Gasteiger partial charge on any atom is -0.352 e. The molecule has 2 N–H and O–H groups in total. The molecule has 0 saturated carbocycles. The molecule has 0 aliphatic carbocycles. The summed E-state index contributed by atoms with van der Waals surface area (Å²) in [7, 11) is 0. The van der Waals surface area contributed by atoms with Crippen molar-refractivity contribution < 1.29 is 14.4 Å². The fourth-order valence-corrected chi connectivity index (χ4v) is 2.37. The first kappa shape index (κ1) is 17.7. The number of hydrogen-bond acceptors (Lipinski definition) is 3. The summed E-state index contributed by atoms with van der Waals surface area (Å²) >= 11 is 0. The van der Waals surface area contributed by atoms with Gasteiger partial charge in [-0.15, -0.1) is 0 Å². The van der Waals surface area contributed by atoms with E-state index < -0.39 is 0 Å². The van der Waals surface area contributed by atoms with Crippen molar-refractivity contribution in [2.24, 2.45) is 0 Å². The molecule has 24 heavy (non-hydrogen) atoms. The van der Waals surface area contributed by atoms with Gasteiger partial charge < -0.3 is 10.6 Å². The Labute approximate surface area is 141 Å². The minimum absolute atomic E-state index is 0.0314. The maximum atomic E-state index is 12.2. The second-order valence-electron chi connectivity index (χ2n) is 5.98. The van der Waals surface area contributed by atoms with E-state index in [2.05, 4.69) is 10.6 Å². The average Bonchev–Trinajstić information content (AvgIpc) is 2.56. The lowest BCUT2D eigenvalue weighted by atomic mass is 10.0. The van der Waals surface area contributed by atoms with Gasteiger partial charge in [-0.1, -0.05) is 36.4 Å². The summed E-state index contributed by atoms with van der Waals surface area (Å²) in [5.41, 5.74) is 0.596. The van der Waals surface area contributed by atoms with Crippen LogP contribution in [0.15, 0.2) is 42.5 Å². The molecule has 2 amide bonds. The van der Waals surface area contributed by atoms with Crippen molar-refractivity contribution >= 4 is 28.4 Å². The highest BCUT2D eigenvalue weighted by molar-refractivity contribution is 6.01. The Morgan fingerprint density at radius 2 is 1.62 bits per heavy atom. The number of benzene rings is 2. The zero-order valence-corrected chi connectivity index (χ0v) is 14.0. The molecule has 0 saturated heterocycles. The van der Waals surface area contributed by atoms with Crippen LogP contribution >= 0.6 is 0 Å². The fourth-order valence-electron chi connectivity index (χ4n) is 2.37. The number of carbonyl (C=O) groups is 3. The highest BCUT2D eigenvalue weighted by atomic mass is 16.2. The van der Waals surface area contributed by atoms with Crippen LogP contribution in [-0.2, 0) is 9.59 Å². The summed E-state index contributed by atoms with van der Waals surface area (Å²) in [5, 5.41) is 7.28. The van der Waals surface area contributed by atoms with Crippen molar-refractivity contribution in [2.75, 3.05) is 6.54 Å². The van der Waals surface area contributed by atoms with Crippen LogP contribution in [0.5, 0.6) is 0 Å². The number of fused-ring (bicyclic) bond motifs is 1. The second-order valence-corrected chi connectivity index (χ2v) is 5.98. The SMILES string of the molecule is CC(C)NC(=O)CNC(=O)CCC(=O)c1ccc2ccccc2c1. The highest BCUT2D eigenvalue weighted by Crippen LogP contribution is 2.17. The Balaban J connectivity index is 1.83. The smallest absolute Gasteiger partial charge is 0.239 e. The summed E-state index contributed by atoms with van der Waals surface area (Å²) < 4.78 is 0. The van der Waals surface area contributed by atoms with Crippen LogP contribution < -0.4 is 10.6 Å². The molecule has 5 heteroatoms. The van der Waals surface area contributed by atoms with Crippen LogP contribution in [0, 0.1) is 0 Å². The number of carbonyl (C=O) groups excluding carboxylic acids is 3. The molecule has 0 spiro atoms. The van der Waals surface area contributed by atoms with E-state index in [0.29, 0.717) is 5.56 Å². The van der Waals surface area contributed by atoms with E-state index in [1.54, 1.807) is 6.07 Å². The van der Waals surface area contributed by atoms with Gasteiger partial charge in [0, 0.05) is 24.4 Å². The Hall–Kier alpha value is -2.69. The number of amides is 2. The van der Waals surface area contributed by atoms with E-state index in [4.69, 9.17) is 0 Å². The van der Waals surface area contributed by atoms with Crippen LogP contribution in [0.2, 0.25) is 0 Å². The number of Topliss-reactive ketones (excluding diaryl/α,β-unsaturated/α-hetero) is 1. The molecule has 0 aliphatic rings. The summed E-state index contributed by atoms with van der Waals surface area (Å²) in [6.45, 7) is 3.63. The minimum atomic E-state index is -0.303. The van der Waals surface area contributed by atoms with Crippen molar-refractivity contribution in [3.63, 3.8) is 0 Å². The van der Waals surface area contributed by atoms with Crippen LogP contribution in [-0.4, -0.2) is 30.2 Å². The molecule has 0 radical (unpaired) electrons. The Morgan fingerprint density at radius 3 is 2.33 bits per heavy atom. The summed E-state index contributed by atoms with van der Waals surface area (Å²) in [6, 6.07) is 13.4. The Bertz CT molecular complexity index is 753. The van der Waals surface area contributed by atoms with E-state index in [0.717, 1.165) is 10.8 Å². The molecule has 0 atom stereocenters. The van der Waals surface area contributed by atoms with Crippen molar-refractivity contribution in [1.29, 1.82) is 0 Å². The number of rotatable bonds is 7. The standard InChI is InChI=1S/C19H22N2O3/c1-13(2)21-19(24)12-20-18(23)10-9-17(22)16-8-7-14-5-3-4-6-15(14)11-16/h3-8,11,13H,9-10,12H2,1-2H3,(H,20,23)(H,21,24). The molecule has 2 rings (SSSR count). The summed E-state index contributed by atoms with van der Waals surface area (Å²) in [6.07, 6.45) is 0.191. The van der Waals surface area contributed by atoms with E-state index in [1.165, 1.54) is 0 Å². The van der Waals surface area contributed by atoms with Crippen molar-refractivity contribution in [1.82, 2.24) is 10.6 Å². The highest BCUT2D eigenvalue weighted by Gasteiger charge is 2.11. The van der Waals surface area contributed by atoms with E-state index in [1.807, 2.05) is 50.2 Å². The number of hydrogen-bond donors (Lipinski definition) is 2. The van der Waals surface area contributed by atoms with Gasteiger partial charge in [-0.25, -0.2) is 0 Å². The lowest BCUT2D eigenvalue weighted by molar-refractivity contribution is -0.126. The summed E-state index contributed by atoms with van der Waals surface area (Å²) in [4.78, 5) is 35.4. The molecule has 126 valence electrons. The van der Waals surface area contributed by atoms with Gasteiger partial charge in [-0.3, -0.25) is 14.4 Å². The first-order chi connectivity index (χ1) is 11.5. The molecule has 2 aromatic carbocycles. The molecule has 0 heterocycles. The predicted octanol–water partition coefficient (Wildman–Crippen LogP) is 2.44. The van der Waals surface area contributed by atoms with Crippen molar-refractivity contribution in [2.45, 2.75) is 32.7 Å². The molecule has 5 nitrogen and oxygen atoms in total. The first-order valence-corrected chi connectivity index (χ1v) is 8.04. The van der Waals surface area contributed by atoms with Gasteiger partial charge in [0.15, 0.2) is 5.78 Å². The third-order valence-electron chi connectivity index (χ3n) is 3.55. The molecule has 0 aromatic heterocycles. The normalized spacial score (nSPS) is 10.6. The molecular weight excluding hydrogens is 304 g/mol. The first-order valence-electron chi connectivity index (χ1n) is 8.04. The molecule has 0 fully saturated rings. The van der Waals surface area contributed by atoms with E-state index in [-0.39, 0.29) is 43.0 Å². The largest absolute Gasteiger partial charge is 0.352 e. The Morgan fingerprint density at radius 1 is 0.917 bits per heavy atom. The second kappa shape index (κ2) is 8.24. The van der Waals surface area contributed by atoms with Gasteiger partial charge in [0.2, 0.25) is 11.8 Å². The van der Waals surface area contributed by atoms with Crippen LogP contribution in [0.3, 0.4) is 0 Å². The number of ketones is 1. The van der Waals surface area contributed by atoms with Gasteiger partial charge in [0.1, 0.15) is 0 Å². The van der Waals surface area contributed by atoms with Gasteiger partial charge in [-0.2, -0.15) is 0 Å². The quantitative estimate of drug-likeness (QED) is 0.767. The van der Waals surface area contributed by atoms with Gasteiger partial charge in [0.05, 0.1) is 6.54 Å². The van der Waals surface area contributed by atoms with Crippen molar-refractivity contribution in [3.05, 3.63) is 48.0 Å². The zero-order valence-electron chi connectivity index (χ0n) is 14.0. The predicted molar refractivity (Wildman–Crippen MR) is 93.8 cm³/mol. The Kier molecular flexibility index (Phi) is 6.07. The topological polar surface area (TPSA) is 75.3 Å². The summed E-state index contributed by atoms with van der Waals surface area (Å²) in [5.74, 6) is -0.621. The average molecular weight is 326 g/mol. The monoisotopic (exact) mass is 326 g/mol. The van der Waals surface area contributed by atoms with E-state index in [9.17, 15) is 14.4 Å². The molecule has 0 bridgehead atoms. The van der Waals surface area contributed by atoms with Crippen molar-refractivity contribution in [3.8, 4) is 0 Å². The molecule has 0 aliphatic heterocycles. The zero-order chi connectivity index (χ0) is 17.5. The third-order valence-corrected chi connectivity index (χ3v) is 3.55. The lowest BCUT2D eigenvalue weighted by Crippen LogP contribution is -2.39. The van der Waals surface area contributed by atoms with Gasteiger partial charge in [0.25, 0.3) is 0 Å². The third kappa shape index (κ3) is 5.19. The maximum absolute atomic E-state index is 12.2. The maximum Gasteiger partial charge on any atom is 0.239 e. The van der Waals surface area contributed by atoms with E-state index >= 15 is 0 Å². The number of nitrogens with one attached hydrogen (secondary N) is 2. The lowest BCUT2D eigenvalue weighted by Gasteiger charge is -2.09. The molecule has 0 unspecified atom stereocenters. The molecular formula is C19H22N2O3. The van der Waals surface area contributed by atoms with Crippen LogP contribution in [0.1, 0.15) is 37.0 Å². The molecule has 2 aromatic rings. The van der Waals surface area contributed by atoms with Crippen LogP contribution in [0.4, 0.5) is 0 Å². The van der Waals surface area contributed by atoms with Crippen LogP contribution in [0.25, 0.3) is 10.8 Å². The van der Waals surface area contributed by atoms with Gasteiger partial charge >= 0.3 is 0 Å². The fraction of sp³-hybridized carbons (Fsp3) is 0.316. The van der Waals surface area contributed by atoms with Gasteiger partial charge in [-0.05, 0) is 30.7 Å².